The van der Waals surface area contributed by atoms with Gasteiger partial charge in [-0.3, -0.25) is 0 Å². The fourth-order valence-electron chi connectivity index (χ4n) is 2.20. The number of aromatic carboxylic acids is 1. The highest BCUT2D eigenvalue weighted by Gasteiger charge is 2.24. The molecule has 0 amide bonds. The lowest BCUT2D eigenvalue weighted by molar-refractivity contribution is 0.0696. The Bertz CT molecular complexity index is 580. The molecule has 6 nitrogen and oxygen atoms in total. The summed E-state index contributed by atoms with van der Waals surface area (Å²) in [5.74, 6) is -0.982. The van der Waals surface area contributed by atoms with E-state index in [1.165, 1.54) is 10.4 Å². The van der Waals surface area contributed by atoms with Crippen molar-refractivity contribution in [2.75, 3.05) is 19.6 Å². The van der Waals surface area contributed by atoms with Crippen LogP contribution in [-0.2, 0) is 16.6 Å². The van der Waals surface area contributed by atoms with Crippen LogP contribution in [-0.4, -0.2) is 43.4 Å². The van der Waals surface area contributed by atoms with Crippen molar-refractivity contribution in [3.63, 3.8) is 0 Å². The lowest BCUT2D eigenvalue weighted by Crippen LogP contribution is -2.39. The molecule has 1 aliphatic rings. The first-order valence-corrected chi connectivity index (χ1v) is 8.00. The van der Waals surface area contributed by atoms with Crippen LogP contribution in [0.4, 0.5) is 0 Å². The van der Waals surface area contributed by atoms with Gasteiger partial charge in [0.15, 0.2) is 0 Å². The van der Waals surface area contributed by atoms with Gasteiger partial charge in [0, 0.05) is 19.6 Å². The Balaban J connectivity index is 1.89. The second-order valence-corrected chi connectivity index (χ2v) is 6.52. The molecule has 1 fully saturated rings. The first-order valence-electron chi connectivity index (χ1n) is 6.56. The van der Waals surface area contributed by atoms with Gasteiger partial charge in [0.05, 0.1) is 5.56 Å². The number of nitrogens with one attached hydrogen (secondary N) is 1. The number of hydrogen-bond donors (Lipinski definition) is 2. The molecule has 1 aliphatic heterocycles. The van der Waals surface area contributed by atoms with E-state index in [1.54, 1.807) is 18.2 Å². The molecule has 1 saturated heterocycles. The monoisotopic (exact) mass is 298 g/mol. The highest BCUT2D eigenvalue weighted by Crippen LogP contribution is 2.11. The maximum absolute atomic E-state index is 11.9. The number of benzene rings is 1. The summed E-state index contributed by atoms with van der Waals surface area (Å²) in [6.07, 6.45) is 2.28. The van der Waals surface area contributed by atoms with E-state index in [9.17, 15) is 13.2 Å². The molecule has 0 spiro atoms. The van der Waals surface area contributed by atoms with Crippen molar-refractivity contribution >= 4 is 16.2 Å². The van der Waals surface area contributed by atoms with Crippen LogP contribution in [0.25, 0.3) is 0 Å². The van der Waals surface area contributed by atoms with Gasteiger partial charge in [-0.2, -0.15) is 12.7 Å². The third-order valence-electron chi connectivity index (χ3n) is 3.28. The normalized spacial score (nSPS) is 16.4. The molecule has 2 rings (SSSR count). The predicted molar refractivity (Wildman–Crippen MR) is 74.8 cm³/mol. The first kappa shape index (κ1) is 15.0. The van der Waals surface area contributed by atoms with Crippen LogP contribution in [0.5, 0.6) is 0 Å². The minimum Gasteiger partial charge on any atom is -0.478 e. The Labute approximate surface area is 118 Å². The third-order valence-corrected chi connectivity index (χ3v) is 4.89. The molecule has 0 aliphatic carbocycles. The minimum atomic E-state index is -3.39. The molecule has 7 heteroatoms. The molecule has 20 heavy (non-hydrogen) atoms. The van der Waals surface area contributed by atoms with Gasteiger partial charge in [-0.1, -0.05) is 12.1 Å². The lowest BCUT2D eigenvalue weighted by Gasteiger charge is -2.16. The summed E-state index contributed by atoms with van der Waals surface area (Å²) < 4.78 is 27.8. The SMILES string of the molecule is O=C(O)c1cccc(CCNS(=O)(=O)N2CCCC2)c1. The smallest absolute Gasteiger partial charge is 0.335 e. The standard InChI is InChI=1S/C13H18N2O4S/c16-13(17)12-5-3-4-11(10-12)6-7-14-20(18,19)15-8-1-2-9-15/h3-5,10,14H,1-2,6-9H2,(H,16,17). The van der Waals surface area contributed by atoms with Crippen molar-refractivity contribution in [2.45, 2.75) is 19.3 Å². The van der Waals surface area contributed by atoms with Gasteiger partial charge in [0.25, 0.3) is 10.2 Å². The molecule has 1 aromatic carbocycles. The summed E-state index contributed by atoms with van der Waals surface area (Å²) in [5, 5.41) is 8.89. The molecule has 0 unspecified atom stereocenters. The topological polar surface area (TPSA) is 86.7 Å². The molecule has 1 heterocycles. The Kier molecular flexibility index (Phi) is 4.74. The Morgan fingerprint density at radius 1 is 1.30 bits per heavy atom. The van der Waals surface area contributed by atoms with Crippen LogP contribution >= 0.6 is 0 Å². The Morgan fingerprint density at radius 2 is 2.00 bits per heavy atom. The zero-order valence-corrected chi connectivity index (χ0v) is 11.9. The molecule has 0 atom stereocenters. The van der Waals surface area contributed by atoms with Crippen molar-refractivity contribution in [1.82, 2.24) is 9.03 Å². The molecule has 1 aromatic rings. The van der Waals surface area contributed by atoms with Crippen molar-refractivity contribution in [3.8, 4) is 0 Å². The maximum atomic E-state index is 11.9. The van der Waals surface area contributed by atoms with Crippen molar-refractivity contribution in [3.05, 3.63) is 35.4 Å². The van der Waals surface area contributed by atoms with E-state index in [4.69, 9.17) is 5.11 Å². The average Bonchev–Trinajstić information content (AvgIpc) is 2.93. The first-order chi connectivity index (χ1) is 9.49. The molecule has 0 aromatic heterocycles. The maximum Gasteiger partial charge on any atom is 0.335 e. The van der Waals surface area contributed by atoms with Gasteiger partial charge in [-0.05, 0) is 37.0 Å². The minimum absolute atomic E-state index is 0.213. The van der Waals surface area contributed by atoms with Gasteiger partial charge in [0.1, 0.15) is 0 Å². The van der Waals surface area contributed by atoms with Crippen LogP contribution < -0.4 is 4.72 Å². The van der Waals surface area contributed by atoms with Crippen LogP contribution in [0.3, 0.4) is 0 Å². The number of nitrogens with zero attached hydrogens (tertiary/aromatic N) is 1. The summed E-state index contributed by atoms with van der Waals surface area (Å²) in [4.78, 5) is 10.8. The molecule has 110 valence electrons. The average molecular weight is 298 g/mol. The molecular formula is C13H18N2O4S. The molecule has 2 N–H and O–H groups in total. The van der Waals surface area contributed by atoms with E-state index < -0.39 is 16.2 Å². The Morgan fingerprint density at radius 3 is 2.65 bits per heavy atom. The van der Waals surface area contributed by atoms with Gasteiger partial charge in [-0.15, -0.1) is 0 Å². The number of rotatable bonds is 6. The van der Waals surface area contributed by atoms with E-state index in [0.717, 1.165) is 18.4 Å². The molecule has 0 radical (unpaired) electrons. The largest absolute Gasteiger partial charge is 0.478 e. The van der Waals surface area contributed by atoms with Gasteiger partial charge in [0.2, 0.25) is 0 Å². The van der Waals surface area contributed by atoms with Crippen LogP contribution in [0.1, 0.15) is 28.8 Å². The van der Waals surface area contributed by atoms with Crippen LogP contribution in [0.15, 0.2) is 24.3 Å². The van der Waals surface area contributed by atoms with Crippen LogP contribution in [0, 0.1) is 0 Å². The molecule has 0 bridgehead atoms. The second kappa shape index (κ2) is 6.34. The summed E-state index contributed by atoms with van der Waals surface area (Å²) in [6, 6.07) is 6.52. The number of carboxylic acids is 1. The third kappa shape index (κ3) is 3.78. The Hall–Kier alpha value is -1.44. The number of carboxylic acid groups (broad SMARTS) is 1. The zero-order chi connectivity index (χ0) is 14.6. The van der Waals surface area contributed by atoms with E-state index in [1.807, 2.05) is 0 Å². The highest BCUT2D eigenvalue weighted by molar-refractivity contribution is 7.87. The van der Waals surface area contributed by atoms with Crippen LogP contribution in [0.2, 0.25) is 0 Å². The fraction of sp³-hybridized carbons (Fsp3) is 0.462. The highest BCUT2D eigenvalue weighted by atomic mass is 32.2. The van der Waals surface area contributed by atoms with E-state index in [-0.39, 0.29) is 12.1 Å². The van der Waals surface area contributed by atoms with Gasteiger partial charge >= 0.3 is 5.97 Å². The summed E-state index contributed by atoms with van der Waals surface area (Å²) >= 11 is 0. The van der Waals surface area contributed by atoms with E-state index in [0.29, 0.717) is 19.5 Å². The van der Waals surface area contributed by atoms with E-state index in [2.05, 4.69) is 4.72 Å². The zero-order valence-electron chi connectivity index (χ0n) is 11.1. The molecule has 0 saturated carbocycles. The van der Waals surface area contributed by atoms with Crippen molar-refractivity contribution in [1.29, 1.82) is 0 Å². The van der Waals surface area contributed by atoms with Crippen molar-refractivity contribution < 1.29 is 18.3 Å². The van der Waals surface area contributed by atoms with Crippen molar-refractivity contribution in [2.24, 2.45) is 0 Å². The van der Waals surface area contributed by atoms with E-state index >= 15 is 0 Å². The van der Waals surface area contributed by atoms with Gasteiger partial charge in [-0.25, -0.2) is 9.52 Å². The predicted octanol–water partition coefficient (Wildman–Crippen LogP) is 0.858. The summed E-state index contributed by atoms with van der Waals surface area (Å²) in [6.45, 7) is 1.41. The molecular weight excluding hydrogens is 280 g/mol. The summed E-state index contributed by atoms with van der Waals surface area (Å²) in [5.41, 5.74) is 1.01. The lowest BCUT2D eigenvalue weighted by atomic mass is 10.1. The second-order valence-electron chi connectivity index (χ2n) is 4.76. The number of hydrogen-bond acceptors (Lipinski definition) is 3. The summed E-state index contributed by atoms with van der Waals surface area (Å²) in [7, 11) is -3.39. The fourth-order valence-corrected chi connectivity index (χ4v) is 3.49. The quantitative estimate of drug-likeness (QED) is 0.815. The van der Waals surface area contributed by atoms with Gasteiger partial charge < -0.3 is 5.11 Å². The number of carbonyl (C=O) groups is 1.